The molecule has 0 saturated carbocycles. The van der Waals surface area contributed by atoms with Crippen LogP contribution in [0.3, 0.4) is 0 Å². The first-order chi connectivity index (χ1) is 11.3. The number of carbonyl (C=O) groups is 1. The predicted molar refractivity (Wildman–Crippen MR) is 79.9 cm³/mol. The van der Waals surface area contributed by atoms with E-state index in [1.807, 2.05) is 0 Å². The number of carbonyl (C=O) groups excluding carboxylic acids is 1. The summed E-state index contributed by atoms with van der Waals surface area (Å²) in [6.45, 7) is 2.23. The zero-order valence-electron chi connectivity index (χ0n) is 12.3. The van der Waals surface area contributed by atoms with Crippen molar-refractivity contribution in [2.45, 2.75) is 13.0 Å². The highest BCUT2D eigenvalue weighted by atomic mass is 16.5. The van der Waals surface area contributed by atoms with Crippen molar-refractivity contribution in [3.63, 3.8) is 0 Å². The molecule has 1 atom stereocenters. The third-order valence-corrected chi connectivity index (χ3v) is 3.74. The minimum absolute atomic E-state index is 0.273. The van der Waals surface area contributed by atoms with Gasteiger partial charge in [0.05, 0.1) is 24.7 Å². The van der Waals surface area contributed by atoms with Gasteiger partial charge in [-0.25, -0.2) is 9.97 Å². The Morgan fingerprint density at radius 2 is 2.35 bits per heavy atom. The van der Waals surface area contributed by atoms with E-state index < -0.39 is 0 Å². The zero-order valence-corrected chi connectivity index (χ0v) is 12.3. The van der Waals surface area contributed by atoms with E-state index in [9.17, 15) is 4.79 Å². The Bertz CT molecular complexity index is 834. The molecule has 118 valence electrons. The molecule has 1 fully saturated rings. The summed E-state index contributed by atoms with van der Waals surface area (Å²) in [5, 5.41) is 10.7. The van der Waals surface area contributed by atoms with Crippen LogP contribution in [0.5, 0.6) is 0 Å². The Morgan fingerprint density at radius 3 is 3.22 bits per heavy atom. The van der Waals surface area contributed by atoms with Gasteiger partial charge >= 0.3 is 0 Å². The lowest BCUT2D eigenvalue weighted by Crippen LogP contribution is -2.13. The first-order valence-corrected chi connectivity index (χ1v) is 7.36. The van der Waals surface area contributed by atoms with Crippen LogP contribution in [0.25, 0.3) is 5.78 Å². The van der Waals surface area contributed by atoms with Gasteiger partial charge in [0.1, 0.15) is 0 Å². The van der Waals surface area contributed by atoms with Crippen LogP contribution in [0.2, 0.25) is 0 Å². The molecule has 9 nitrogen and oxygen atoms in total. The van der Waals surface area contributed by atoms with Gasteiger partial charge in [0, 0.05) is 37.7 Å². The number of aromatic nitrogens is 6. The molecule has 1 saturated heterocycles. The van der Waals surface area contributed by atoms with Crippen LogP contribution in [0.15, 0.2) is 31.0 Å². The Balaban J connectivity index is 1.44. The van der Waals surface area contributed by atoms with Crippen molar-refractivity contribution in [2.75, 3.05) is 18.5 Å². The molecule has 9 heteroatoms. The van der Waals surface area contributed by atoms with Gasteiger partial charge < -0.3 is 10.1 Å². The summed E-state index contributed by atoms with van der Waals surface area (Å²) in [6, 6.07) is 0. The number of imidazole rings is 1. The van der Waals surface area contributed by atoms with E-state index >= 15 is 0 Å². The molecule has 3 aromatic heterocycles. The van der Waals surface area contributed by atoms with Gasteiger partial charge in [-0.1, -0.05) is 5.21 Å². The Kier molecular flexibility index (Phi) is 3.46. The first-order valence-electron chi connectivity index (χ1n) is 7.36. The Labute approximate surface area is 131 Å². The summed E-state index contributed by atoms with van der Waals surface area (Å²) in [5.41, 5.74) is 0.842. The fourth-order valence-electron chi connectivity index (χ4n) is 2.56. The van der Waals surface area contributed by atoms with E-state index in [4.69, 9.17) is 4.74 Å². The summed E-state index contributed by atoms with van der Waals surface area (Å²) in [6.07, 6.45) is 9.37. The number of rotatable bonds is 4. The van der Waals surface area contributed by atoms with E-state index in [0.717, 1.165) is 19.6 Å². The number of ether oxygens (including phenoxy) is 1. The van der Waals surface area contributed by atoms with Crippen molar-refractivity contribution in [1.29, 1.82) is 0 Å². The highest BCUT2D eigenvalue weighted by molar-refractivity contribution is 6.02. The minimum Gasteiger partial charge on any atom is -0.381 e. The zero-order chi connectivity index (χ0) is 15.6. The molecular formula is C14H15N7O2. The van der Waals surface area contributed by atoms with Gasteiger partial charge in [-0.05, 0) is 6.42 Å². The van der Waals surface area contributed by atoms with Crippen LogP contribution in [-0.4, -0.2) is 48.5 Å². The van der Waals surface area contributed by atoms with E-state index in [0.29, 0.717) is 23.9 Å². The van der Waals surface area contributed by atoms with Crippen LogP contribution in [0.4, 0.5) is 5.69 Å². The average Bonchev–Trinajstić information content (AvgIpc) is 3.28. The standard InChI is InChI=1S/C14H15N7O2/c22-13(17-11-5-16-14-15-2-3-20(14)7-11)12-8-21(19-18-12)6-10-1-4-23-9-10/h2-3,5,7-8,10H,1,4,6,9H2,(H,17,22). The largest absolute Gasteiger partial charge is 0.381 e. The first kappa shape index (κ1) is 13.8. The van der Waals surface area contributed by atoms with Crippen molar-refractivity contribution >= 4 is 17.4 Å². The van der Waals surface area contributed by atoms with Crippen molar-refractivity contribution < 1.29 is 9.53 Å². The van der Waals surface area contributed by atoms with Gasteiger partial charge in [0.25, 0.3) is 5.91 Å². The maximum atomic E-state index is 12.2. The van der Waals surface area contributed by atoms with Gasteiger partial charge in [0.15, 0.2) is 5.69 Å². The van der Waals surface area contributed by atoms with Gasteiger partial charge in [0.2, 0.25) is 5.78 Å². The van der Waals surface area contributed by atoms with Gasteiger partial charge in [-0.15, -0.1) is 5.10 Å². The van der Waals surface area contributed by atoms with E-state index in [2.05, 4.69) is 25.6 Å². The van der Waals surface area contributed by atoms with E-state index in [1.54, 1.807) is 40.1 Å². The predicted octanol–water partition coefficient (Wildman–Crippen LogP) is 0.610. The fourth-order valence-corrected chi connectivity index (χ4v) is 2.56. The summed E-state index contributed by atoms with van der Waals surface area (Å²) in [7, 11) is 0. The van der Waals surface area contributed by atoms with Crippen molar-refractivity contribution in [2.24, 2.45) is 5.92 Å². The summed E-state index contributed by atoms with van der Waals surface area (Å²) < 4.78 is 8.75. The van der Waals surface area contributed by atoms with Crippen LogP contribution in [0.1, 0.15) is 16.9 Å². The number of hydrogen-bond acceptors (Lipinski definition) is 6. The normalized spacial score (nSPS) is 17.7. The topological polar surface area (TPSA) is 99.2 Å². The number of nitrogens with zero attached hydrogens (tertiary/aromatic N) is 6. The highest BCUT2D eigenvalue weighted by Gasteiger charge is 2.18. The third-order valence-electron chi connectivity index (χ3n) is 3.74. The molecule has 0 spiro atoms. The second-order valence-corrected chi connectivity index (χ2v) is 5.49. The van der Waals surface area contributed by atoms with Crippen LogP contribution >= 0.6 is 0 Å². The smallest absolute Gasteiger partial charge is 0.277 e. The van der Waals surface area contributed by atoms with E-state index in [-0.39, 0.29) is 11.6 Å². The Morgan fingerprint density at radius 1 is 1.39 bits per heavy atom. The molecule has 0 radical (unpaired) electrons. The monoisotopic (exact) mass is 313 g/mol. The van der Waals surface area contributed by atoms with Crippen LogP contribution in [0, 0.1) is 5.92 Å². The molecule has 1 aliphatic heterocycles. The molecule has 0 bridgehead atoms. The average molecular weight is 313 g/mol. The molecule has 1 amide bonds. The molecule has 3 aromatic rings. The molecule has 0 aliphatic carbocycles. The Hall–Kier alpha value is -2.81. The third kappa shape index (κ3) is 2.90. The van der Waals surface area contributed by atoms with Crippen molar-refractivity contribution in [3.05, 3.63) is 36.7 Å². The fraction of sp³-hybridized carbons (Fsp3) is 0.357. The van der Waals surface area contributed by atoms with Crippen molar-refractivity contribution in [3.8, 4) is 0 Å². The lowest BCUT2D eigenvalue weighted by molar-refractivity contribution is 0.102. The van der Waals surface area contributed by atoms with Crippen LogP contribution < -0.4 is 5.32 Å². The van der Waals surface area contributed by atoms with Crippen molar-refractivity contribution in [1.82, 2.24) is 29.4 Å². The number of amides is 1. The number of fused-ring (bicyclic) bond motifs is 1. The minimum atomic E-state index is -0.319. The maximum absolute atomic E-state index is 12.2. The summed E-state index contributed by atoms with van der Waals surface area (Å²) in [4.78, 5) is 20.4. The lowest BCUT2D eigenvalue weighted by Gasteiger charge is -2.05. The summed E-state index contributed by atoms with van der Waals surface area (Å²) in [5.74, 6) is 0.688. The summed E-state index contributed by atoms with van der Waals surface area (Å²) >= 11 is 0. The molecular weight excluding hydrogens is 298 g/mol. The molecule has 4 heterocycles. The van der Waals surface area contributed by atoms with E-state index in [1.165, 1.54) is 0 Å². The molecule has 23 heavy (non-hydrogen) atoms. The number of hydrogen-bond donors (Lipinski definition) is 1. The molecule has 1 N–H and O–H groups in total. The highest BCUT2D eigenvalue weighted by Crippen LogP contribution is 2.14. The molecule has 4 rings (SSSR count). The van der Waals surface area contributed by atoms with Crippen LogP contribution in [-0.2, 0) is 11.3 Å². The molecule has 0 aromatic carbocycles. The molecule has 1 unspecified atom stereocenters. The maximum Gasteiger partial charge on any atom is 0.277 e. The quantitative estimate of drug-likeness (QED) is 0.757. The van der Waals surface area contributed by atoms with Gasteiger partial charge in [-0.3, -0.25) is 13.9 Å². The lowest BCUT2D eigenvalue weighted by atomic mass is 10.1. The number of nitrogens with one attached hydrogen (secondary N) is 1. The molecule has 1 aliphatic rings. The SMILES string of the molecule is O=C(Nc1cnc2nccn2c1)c1cn(CC2CCOC2)nn1. The second kappa shape index (κ2) is 5.76. The second-order valence-electron chi connectivity index (χ2n) is 5.49. The number of anilines is 1. The van der Waals surface area contributed by atoms with Gasteiger partial charge in [-0.2, -0.15) is 0 Å².